The molecule has 0 aromatic heterocycles. The van der Waals surface area contributed by atoms with Crippen molar-refractivity contribution in [1.29, 1.82) is 0 Å². The summed E-state index contributed by atoms with van der Waals surface area (Å²) in [5.41, 5.74) is 3.30. The third-order valence-electron chi connectivity index (χ3n) is 3.17. The number of hydrogen-bond donors (Lipinski definition) is 0. The highest BCUT2D eigenvalue weighted by atomic mass is 16.5. The first-order valence-electron chi connectivity index (χ1n) is 4.77. The molecule has 0 amide bonds. The molecule has 1 aromatic rings. The standard InChI is InChI=1S/C12H14O2/c1-8-5-4-6-10-9(8)7-12(10,2)11(13)14-3/h4-6H,7H2,1-3H3. The van der Waals surface area contributed by atoms with Gasteiger partial charge in [0.25, 0.3) is 0 Å². The summed E-state index contributed by atoms with van der Waals surface area (Å²) in [7, 11) is 1.45. The maximum absolute atomic E-state index is 11.6. The SMILES string of the molecule is COC(=O)C1(C)Cc2c(C)cccc21. The Morgan fingerprint density at radius 3 is 2.86 bits per heavy atom. The van der Waals surface area contributed by atoms with Crippen LogP contribution in [0.3, 0.4) is 0 Å². The topological polar surface area (TPSA) is 26.3 Å². The molecule has 2 heteroatoms. The zero-order valence-electron chi connectivity index (χ0n) is 8.76. The van der Waals surface area contributed by atoms with Crippen molar-refractivity contribution in [2.45, 2.75) is 25.7 Å². The molecule has 0 fully saturated rings. The number of methoxy groups -OCH3 is 1. The summed E-state index contributed by atoms with van der Waals surface area (Å²) in [4.78, 5) is 11.6. The molecule has 0 radical (unpaired) electrons. The van der Waals surface area contributed by atoms with Crippen molar-refractivity contribution in [1.82, 2.24) is 0 Å². The molecule has 0 saturated heterocycles. The van der Waals surface area contributed by atoms with Gasteiger partial charge in [-0.15, -0.1) is 0 Å². The van der Waals surface area contributed by atoms with Gasteiger partial charge in [0.05, 0.1) is 12.5 Å². The molecule has 1 aliphatic rings. The van der Waals surface area contributed by atoms with E-state index in [1.54, 1.807) is 0 Å². The van der Waals surface area contributed by atoms with Crippen LogP contribution in [0.2, 0.25) is 0 Å². The fraction of sp³-hybridized carbons (Fsp3) is 0.417. The predicted octanol–water partition coefficient (Wildman–Crippen LogP) is 1.98. The van der Waals surface area contributed by atoms with Crippen LogP contribution in [0.4, 0.5) is 0 Å². The average Bonchev–Trinajstić information content (AvgIpc) is 2.17. The maximum Gasteiger partial charge on any atom is 0.316 e. The van der Waals surface area contributed by atoms with Crippen molar-refractivity contribution in [3.8, 4) is 0 Å². The summed E-state index contributed by atoms with van der Waals surface area (Å²) >= 11 is 0. The number of benzene rings is 1. The van der Waals surface area contributed by atoms with Crippen molar-refractivity contribution >= 4 is 5.97 Å². The van der Waals surface area contributed by atoms with E-state index in [2.05, 4.69) is 13.0 Å². The number of aryl methyl sites for hydroxylation is 1. The number of rotatable bonds is 1. The van der Waals surface area contributed by atoms with Gasteiger partial charge in [0.2, 0.25) is 0 Å². The van der Waals surface area contributed by atoms with E-state index in [0.717, 1.165) is 12.0 Å². The molecule has 1 aromatic carbocycles. The van der Waals surface area contributed by atoms with E-state index in [-0.39, 0.29) is 5.97 Å². The first-order valence-corrected chi connectivity index (χ1v) is 4.77. The third kappa shape index (κ3) is 0.999. The Morgan fingerprint density at radius 1 is 1.50 bits per heavy atom. The lowest BCUT2D eigenvalue weighted by Gasteiger charge is -2.39. The Kier molecular flexibility index (Phi) is 1.88. The summed E-state index contributed by atoms with van der Waals surface area (Å²) in [5.74, 6) is -0.129. The zero-order chi connectivity index (χ0) is 10.3. The van der Waals surface area contributed by atoms with E-state index >= 15 is 0 Å². The average molecular weight is 190 g/mol. The van der Waals surface area contributed by atoms with Gasteiger partial charge in [0.15, 0.2) is 0 Å². The molecular formula is C12H14O2. The highest BCUT2D eigenvalue weighted by Crippen LogP contribution is 2.43. The Labute approximate surface area is 83.9 Å². The van der Waals surface area contributed by atoms with Gasteiger partial charge in [-0.3, -0.25) is 4.79 Å². The summed E-state index contributed by atoms with van der Waals surface area (Å²) in [6, 6.07) is 6.09. The van der Waals surface area contributed by atoms with E-state index < -0.39 is 5.41 Å². The summed E-state index contributed by atoms with van der Waals surface area (Å²) < 4.78 is 4.81. The van der Waals surface area contributed by atoms with Gasteiger partial charge in [-0.05, 0) is 37.0 Å². The van der Waals surface area contributed by atoms with Gasteiger partial charge in [-0.1, -0.05) is 18.2 Å². The summed E-state index contributed by atoms with van der Waals surface area (Å²) in [5, 5.41) is 0. The Hall–Kier alpha value is -1.31. The van der Waals surface area contributed by atoms with Crippen LogP contribution < -0.4 is 0 Å². The number of carbonyl (C=O) groups excluding carboxylic acids is 1. The second-order valence-corrected chi connectivity index (χ2v) is 4.10. The fourth-order valence-corrected chi connectivity index (χ4v) is 2.20. The third-order valence-corrected chi connectivity index (χ3v) is 3.17. The quantitative estimate of drug-likeness (QED) is 0.633. The zero-order valence-corrected chi connectivity index (χ0v) is 8.76. The van der Waals surface area contributed by atoms with E-state index in [9.17, 15) is 4.79 Å². The van der Waals surface area contributed by atoms with Crippen LogP contribution in [0.5, 0.6) is 0 Å². The molecule has 0 aliphatic heterocycles. The smallest absolute Gasteiger partial charge is 0.316 e. The molecular weight excluding hydrogens is 176 g/mol. The van der Waals surface area contributed by atoms with Crippen molar-refractivity contribution < 1.29 is 9.53 Å². The Bertz CT molecular complexity index is 395. The molecule has 2 rings (SSSR count). The van der Waals surface area contributed by atoms with Crippen LogP contribution in [0.1, 0.15) is 23.6 Å². The van der Waals surface area contributed by atoms with Gasteiger partial charge in [0.1, 0.15) is 0 Å². The Morgan fingerprint density at radius 2 is 2.21 bits per heavy atom. The van der Waals surface area contributed by atoms with E-state index in [1.807, 2.05) is 19.1 Å². The number of esters is 1. The van der Waals surface area contributed by atoms with Crippen LogP contribution >= 0.6 is 0 Å². The number of fused-ring (bicyclic) bond motifs is 1. The minimum atomic E-state index is -0.407. The molecule has 1 unspecified atom stereocenters. The molecule has 14 heavy (non-hydrogen) atoms. The lowest BCUT2D eigenvalue weighted by Crippen LogP contribution is -2.44. The molecule has 0 saturated carbocycles. The highest BCUT2D eigenvalue weighted by Gasteiger charge is 2.46. The summed E-state index contributed by atoms with van der Waals surface area (Å²) in [6.07, 6.45) is 0.807. The molecule has 0 spiro atoms. The normalized spacial score (nSPS) is 23.6. The lowest BCUT2D eigenvalue weighted by atomic mass is 9.64. The minimum absolute atomic E-state index is 0.129. The van der Waals surface area contributed by atoms with E-state index in [1.165, 1.54) is 18.2 Å². The molecule has 0 N–H and O–H groups in total. The van der Waals surface area contributed by atoms with Gasteiger partial charge < -0.3 is 4.74 Å². The molecule has 74 valence electrons. The first kappa shape index (κ1) is 9.25. The van der Waals surface area contributed by atoms with Crippen molar-refractivity contribution in [3.63, 3.8) is 0 Å². The maximum atomic E-state index is 11.6. The van der Waals surface area contributed by atoms with Gasteiger partial charge in [0, 0.05) is 0 Å². The van der Waals surface area contributed by atoms with Crippen LogP contribution in [0.25, 0.3) is 0 Å². The van der Waals surface area contributed by atoms with Crippen molar-refractivity contribution in [3.05, 3.63) is 34.9 Å². The minimum Gasteiger partial charge on any atom is -0.468 e. The van der Waals surface area contributed by atoms with Crippen LogP contribution in [-0.4, -0.2) is 13.1 Å². The molecule has 1 aliphatic carbocycles. The van der Waals surface area contributed by atoms with Gasteiger partial charge in [-0.2, -0.15) is 0 Å². The van der Waals surface area contributed by atoms with Crippen LogP contribution in [0, 0.1) is 6.92 Å². The van der Waals surface area contributed by atoms with E-state index in [4.69, 9.17) is 4.74 Å². The molecule has 0 bridgehead atoms. The summed E-state index contributed by atoms with van der Waals surface area (Å²) in [6.45, 7) is 4.02. The number of ether oxygens (including phenoxy) is 1. The predicted molar refractivity (Wildman–Crippen MR) is 54.3 cm³/mol. The number of hydrogen-bond acceptors (Lipinski definition) is 2. The highest BCUT2D eigenvalue weighted by molar-refractivity contribution is 5.87. The monoisotopic (exact) mass is 190 g/mol. The second kappa shape index (κ2) is 2.84. The van der Waals surface area contributed by atoms with Crippen LogP contribution in [0.15, 0.2) is 18.2 Å². The van der Waals surface area contributed by atoms with Crippen molar-refractivity contribution in [2.24, 2.45) is 0 Å². The second-order valence-electron chi connectivity index (χ2n) is 4.10. The number of carbonyl (C=O) groups is 1. The van der Waals surface area contributed by atoms with Crippen molar-refractivity contribution in [2.75, 3.05) is 7.11 Å². The fourth-order valence-electron chi connectivity index (χ4n) is 2.20. The molecule has 0 heterocycles. The molecule has 2 nitrogen and oxygen atoms in total. The van der Waals surface area contributed by atoms with Gasteiger partial charge in [-0.25, -0.2) is 0 Å². The largest absolute Gasteiger partial charge is 0.468 e. The lowest BCUT2D eigenvalue weighted by molar-refractivity contribution is -0.147. The molecule has 1 atom stereocenters. The first-order chi connectivity index (χ1) is 6.59. The van der Waals surface area contributed by atoms with Crippen LogP contribution in [-0.2, 0) is 21.4 Å². The van der Waals surface area contributed by atoms with E-state index in [0.29, 0.717) is 0 Å². The van der Waals surface area contributed by atoms with Gasteiger partial charge >= 0.3 is 5.97 Å². The Balaban J connectivity index is 2.44.